The van der Waals surface area contributed by atoms with Crippen molar-refractivity contribution in [2.45, 2.75) is 31.7 Å². The molecule has 1 N–H and O–H groups in total. The standard InChI is InChI=1S/C13H15IN2O4/c1-2-13(12(17)18)6-3-7-15(13)10-5-4-9(14)8-11(10)16(19)20/h4-5,8H,2-3,6-7H2,1H3,(H,17,18). The fourth-order valence-electron chi connectivity index (χ4n) is 2.84. The molecule has 0 amide bonds. The zero-order valence-corrected chi connectivity index (χ0v) is 13.2. The highest BCUT2D eigenvalue weighted by Gasteiger charge is 2.47. The van der Waals surface area contributed by atoms with E-state index in [1.807, 2.05) is 29.5 Å². The van der Waals surface area contributed by atoms with Crippen LogP contribution in [0.4, 0.5) is 11.4 Å². The van der Waals surface area contributed by atoms with Crippen molar-refractivity contribution in [3.63, 3.8) is 0 Å². The summed E-state index contributed by atoms with van der Waals surface area (Å²) >= 11 is 2.01. The molecule has 1 aliphatic rings. The molecule has 0 aromatic heterocycles. The lowest BCUT2D eigenvalue weighted by molar-refractivity contribution is -0.384. The summed E-state index contributed by atoms with van der Waals surface area (Å²) in [6.07, 6.45) is 1.66. The number of aliphatic carboxylic acids is 1. The summed E-state index contributed by atoms with van der Waals surface area (Å²) in [5, 5.41) is 20.8. The van der Waals surface area contributed by atoms with Gasteiger partial charge in [0.15, 0.2) is 0 Å². The minimum absolute atomic E-state index is 0.0297. The Hall–Kier alpha value is -1.38. The normalized spacial score (nSPS) is 22.0. The SMILES string of the molecule is CCC1(C(=O)O)CCCN1c1ccc(I)cc1[N+](=O)[O-]. The van der Waals surface area contributed by atoms with Gasteiger partial charge in [0.05, 0.1) is 4.92 Å². The Morgan fingerprint density at radius 1 is 1.60 bits per heavy atom. The first-order chi connectivity index (χ1) is 9.42. The molecule has 1 fully saturated rings. The van der Waals surface area contributed by atoms with Crippen molar-refractivity contribution in [1.82, 2.24) is 0 Å². The van der Waals surface area contributed by atoms with E-state index >= 15 is 0 Å². The number of carboxylic acids is 1. The number of carboxylic acid groups (broad SMARTS) is 1. The van der Waals surface area contributed by atoms with Crippen LogP contribution in [0.15, 0.2) is 18.2 Å². The van der Waals surface area contributed by atoms with Gasteiger partial charge in [0.1, 0.15) is 11.2 Å². The van der Waals surface area contributed by atoms with E-state index in [9.17, 15) is 20.0 Å². The molecule has 1 heterocycles. The smallest absolute Gasteiger partial charge is 0.329 e. The van der Waals surface area contributed by atoms with E-state index < -0.39 is 16.4 Å². The molecule has 1 aromatic carbocycles. The van der Waals surface area contributed by atoms with Crippen LogP contribution >= 0.6 is 22.6 Å². The molecule has 1 aliphatic heterocycles. The highest BCUT2D eigenvalue weighted by atomic mass is 127. The molecule has 7 heteroatoms. The van der Waals surface area contributed by atoms with Gasteiger partial charge in [-0.05, 0) is 54.0 Å². The van der Waals surface area contributed by atoms with Gasteiger partial charge in [-0.15, -0.1) is 0 Å². The quantitative estimate of drug-likeness (QED) is 0.486. The fraction of sp³-hybridized carbons (Fsp3) is 0.462. The zero-order chi connectivity index (χ0) is 14.9. The van der Waals surface area contributed by atoms with Crippen LogP contribution in [0.5, 0.6) is 0 Å². The maximum atomic E-state index is 11.7. The van der Waals surface area contributed by atoms with E-state index in [1.54, 1.807) is 17.0 Å². The summed E-state index contributed by atoms with van der Waals surface area (Å²) in [5.41, 5.74) is -0.660. The van der Waals surface area contributed by atoms with Gasteiger partial charge in [-0.1, -0.05) is 6.92 Å². The van der Waals surface area contributed by atoms with Crippen molar-refractivity contribution in [3.8, 4) is 0 Å². The van der Waals surface area contributed by atoms with Gasteiger partial charge in [0.25, 0.3) is 5.69 Å². The number of nitrogens with zero attached hydrogens (tertiary/aromatic N) is 2. The van der Waals surface area contributed by atoms with Crippen LogP contribution in [0.1, 0.15) is 26.2 Å². The molecule has 6 nitrogen and oxygen atoms in total. The lowest BCUT2D eigenvalue weighted by Gasteiger charge is -2.35. The molecule has 0 aliphatic carbocycles. The number of halogens is 1. The minimum Gasteiger partial charge on any atom is -0.479 e. The monoisotopic (exact) mass is 390 g/mol. The van der Waals surface area contributed by atoms with E-state index in [2.05, 4.69) is 0 Å². The minimum atomic E-state index is -1.03. The van der Waals surface area contributed by atoms with E-state index in [0.29, 0.717) is 25.1 Å². The van der Waals surface area contributed by atoms with Gasteiger partial charge in [0.2, 0.25) is 0 Å². The number of rotatable bonds is 4. The van der Waals surface area contributed by atoms with Crippen molar-refractivity contribution in [2.24, 2.45) is 0 Å². The Bertz CT molecular complexity index is 563. The van der Waals surface area contributed by atoms with Crippen molar-refractivity contribution >= 4 is 39.9 Å². The molecule has 2 rings (SSSR count). The number of nitro benzene ring substituents is 1. The van der Waals surface area contributed by atoms with Crippen molar-refractivity contribution in [2.75, 3.05) is 11.4 Å². The van der Waals surface area contributed by atoms with Crippen molar-refractivity contribution in [3.05, 3.63) is 31.9 Å². The summed E-state index contributed by atoms with van der Waals surface area (Å²) in [5.74, 6) is -0.912. The average Bonchev–Trinajstić information content (AvgIpc) is 2.83. The average molecular weight is 390 g/mol. The molecule has 0 spiro atoms. The Balaban J connectivity index is 2.55. The first-order valence-corrected chi connectivity index (χ1v) is 7.45. The van der Waals surface area contributed by atoms with Gasteiger partial charge < -0.3 is 10.0 Å². The number of benzene rings is 1. The lowest BCUT2D eigenvalue weighted by atomic mass is 9.92. The second-order valence-electron chi connectivity index (χ2n) is 4.84. The first kappa shape index (κ1) is 15.0. The Kier molecular flexibility index (Phi) is 4.17. The van der Waals surface area contributed by atoms with E-state index in [4.69, 9.17) is 0 Å². The fourth-order valence-corrected chi connectivity index (χ4v) is 3.32. The van der Waals surface area contributed by atoms with Gasteiger partial charge in [0, 0.05) is 16.2 Å². The topological polar surface area (TPSA) is 83.7 Å². The van der Waals surface area contributed by atoms with Crippen LogP contribution in [0.3, 0.4) is 0 Å². The molecule has 1 saturated heterocycles. The van der Waals surface area contributed by atoms with Gasteiger partial charge in [-0.3, -0.25) is 10.1 Å². The lowest BCUT2D eigenvalue weighted by Crippen LogP contribution is -2.50. The van der Waals surface area contributed by atoms with Crippen LogP contribution in [0.2, 0.25) is 0 Å². The Morgan fingerprint density at radius 2 is 2.30 bits per heavy atom. The van der Waals surface area contributed by atoms with E-state index in [0.717, 1.165) is 9.99 Å². The molecule has 0 saturated carbocycles. The van der Waals surface area contributed by atoms with Crippen LogP contribution < -0.4 is 4.90 Å². The maximum Gasteiger partial charge on any atom is 0.329 e. The van der Waals surface area contributed by atoms with Gasteiger partial charge in [-0.25, -0.2) is 4.79 Å². The zero-order valence-electron chi connectivity index (χ0n) is 11.0. The largest absolute Gasteiger partial charge is 0.479 e. The van der Waals surface area contributed by atoms with Crippen LogP contribution in [0.25, 0.3) is 0 Å². The molecule has 1 aromatic rings. The van der Waals surface area contributed by atoms with Crippen LogP contribution in [0, 0.1) is 13.7 Å². The molecular weight excluding hydrogens is 375 g/mol. The highest BCUT2D eigenvalue weighted by molar-refractivity contribution is 14.1. The molecule has 20 heavy (non-hydrogen) atoms. The van der Waals surface area contributed by atoms with E-state index in [-0.39, 0.29) is 5.69 Å². The number of hydrogen-bond acceptors (Lipinski definition) is 4. The number of hydrogen-bond donors (Lipinski definition) is 1. The third-order valence-corrected chi connectivity index (χ3v) is 4.57. The molecule has 108 valence electrons. The van der Waals surface area contributed by atoms with Crippen LogP contribution in [-0.4, -0.2) is 28.1 Å². The second-order valence-corrected chi connectivity index (χ2v) is 6.08. The molecule has 0 radical (unpaired) electrons. The summed E-state index contributed by atoms with van der Waals surface area (Å²) in [6.45, 7) is 2.34. The number of anilines is 1. The third kappa shape index (κ3) is 2.34. The summed E-state index contributed by atoms with van der Waals surface area (Å²) in [6, 6.07) is 4.90. The Labute approximate surface area is 130 Å². The Morgan fingerprint density at radius 3 is 2.85 bits per heavy atom. The van der Waals surface area contributed by atoms with Crippen molar-refractivity contribution < 1.29 is 14.8 Å². The van der Waals surface area contributed by atoms with Gasteiger partial charge in [-0.2, -0.15) is 0 Å². The summed E-state index contributed by atoms with van der Waals surface area (Å²) in [7, 11) is 0. The molecule has 1 atom stereocenters. The first-order valence-electron chi connectivity index (χ1n) is 6.37. The maximum absolute atomic E-state index is 11.7. The van der Waals surface area contributed by atoms with Gasteiger partial charge >= 0.3 is 5.97 Å². The summed E-state index contributed by atoms with van der Waals surface area (Å²) in [4.78, 5) is 24.1. The van der Waals surface area contributed by atoms with E-state index in [1.165, 1.54) is 6.07 Å². The van der Waals surface area contributed by atoms with Crippen molar-refractivity contribution in [1.29, 1.82) is 0 Å². The number of carbonyl (C=O) groups is 1. The molecular formula is C13H15IN2O4. The number of nitro groups is 1. The predicted octanol–water partition coefficient (Wildman–Crippen LogP) is 3.03. The third-order valence-electron chi connectivity index (χ3n) is 3.90. The second kappa shape index (κ2) is 5.55. The van der Waals surface area contributed by atoms with Crippen LogP contribution in [-0.2, 0) is 4.79 Å². The highest BCUT2D eigenvalue weighted by Crippen LogP contribution is 2.41. The predicted molar refractivity (Wildman–Crippen MR) is 83.1 cm³/mol. The summed E-state index contributed by atoms with van der Waals surface area (Å²) < 4.78 is 0.759. The molecule has 1 unspecified atom stereocenters. The molecule has 0 bridgehead atoms.